The highest BCUT2D eigenvalue weighted by Crippen LogP contribution is 2.27. The molecular weight excluding hydrogens is 431 g/mol. The molecule has 0 heterocycles. The standard InChI is InChI=1S/C22H23ClF3N3O2/c1-2-31-13-5-12-28-21(30)16-10-8-15(9-11-16)19(14-20(27)22(24,25)26)29-18-7-4-3-6-17(18)23/h3-4,6-11,14H,2,5,12-13,27H2,1H3,(H,28,30). The average molecular weight is 454 g/mol. The summed E-state index contributed by atoms with van der Waals surface area (Å²) in [7, 11) is 0. The quantitative estimate of drug-likeness (QED) is 0.413. The molecule has 1 amide bonds. The van der Waals surface area contributed by atoms with Crippen LogP contribution in [0.3, 0.4) is 0 Å². The molecule has 0 fully saturated rings. The van der Waals surface area contributed by atoms with Crippen molar-refractivity contribution in [1.29, 1.82) is 0 Å². The van der Waals surface area contributed by atoms with E-state index in [4.69, 9.17) is 22.1 Å². The molecule has 31 heavy (non-hydrogen) atoms. The van der Waals surface area contributed by atoms with Crippen molar-refractivity contribution in [3.63, 3.8) is 0 Å². The normalized spacial score (nSPS) is 12.7. The van der Waals surface area contributed by atoms with Crippen LogP contribution in [0, 0.1) is 0 Å². The first-order chi connectivity index (χ1) is 14.7. The van der Waals surface area contributed by atoms with E-state index in [1.54, 1.807) is 24.3 Å². The van der Waals surface area contributed by atoms with E-state index in [1.807, 2.05) is 6.92 Å². The van der Waals surface area contributed by atoms with Gasteiger partial charge in [-0.2, -0.15) is 13.2 Å². The molecule has 0 saturated heterocycles. The fourth-order valence-electron chi connectivity index (χ4n) is 2.50. The summed E-state index contributed by atoms with van der Waals surface area (Å²) in [6.45, 7) is 3.50. The Balaban J connectivity index is 2.27. The Kier molecular flexibility index (Phi) is 9.08. The van der Waals surface area contributed by atoms with Crippen LogP contribution in [0.2, 0.25) is 5.02 Å². The van der Waals surface area contributed by atoms with Crippen LogP contribution in [-0.4, -0.2) is 37.6 Å². The van der Waals surface area contributed by atoms with Crippen molar-refractivity contribution in [2.24, 2.45) is 10.7 Å². The first kappa shape index (κ1) is 24.4. The van der Waals surface area contributed by atoms with E-state index >= 15 is 0 Å². The van der Waals surface area contributed by atoms with Gasteiger partial charge >= 0.3 is 6.18 Å². The largest absolute Gasteiger partial charge is 0.430 e. The molecule has 2 aromatic carbocycles. The zero-order valence-corrected chi connectivity index (χ0v) is 17.6. The van der Waals surface area contributed by atoms with Gasteiger partial charge in [0.2, 0.25) is 0 Å². The van der Waals surface area contributed by atoms with E-state index in [-0.39, 0.29) is 16.6 Å². The molecule has 0 aromatic heterocycles. The van der Waals surface area contributed by atoms with Crippen molar-refractivity contribution < 1.29 is 22.7 Å². The van der Waals surface area contributed by atoms with Crippen LogP contribution in [0.25, 0.3) is 0 Å². The van der Waals surface area contributed by atoms with Crippen LogP contribution >= 0.6 is 11.6 Å². The van der Waals surface area contributed by atoms with Gasteiger partial charge in [0.25, 0.3) is 5.91 Å². The highest BCUT2D eigenvalue weighted by Gasteiger charge is 2.31. The lowest BCUT2D eigenvalue weighted by molar-refractivity contribution is -0.0925. The summed E-state index contributed by atoms with van der Waals surface area (Å²) in [4.78, 5) is 16.5. The number of aliphatic imine (C=N–C) groups is 1. The number of ether oxygens (including phenoxy) is 1. The number of allylic oxidation sites excluding steroid dienone is 2. The molecule has 0 aliphatic heterocycles. The number of alkyl halides is 3. The van der Waals surface area contributed by atoms with Crippen LogP contribution in [-0.2, 0) is 4.74 Å². The molecule has 0 bridgehead atoms. The molecule has 166 valence electrons. The number of nitrogens with one attached hydrogen (secondary N) is 1. The lowest BCUT2D eigenvalue weighted by atomic mass is 10.1. The third-order valence-electron chi connectivity index (χ3n) is 4.11. The van der Waals surface area contributed by atoms with Crippen LogP contribution in [0.15, 0.2) is 65.3 Å². The summed E-state index contributed by atoms with van der Waals surface area (Å²) < 4.78 is 44.1. The summed E-state index contributed by atoms with van der Waals surface area (Å²) >= 11 is 6.09. The van der Waals surface area contributed by atoms with Crippen molar-refractivity contribution in [3.05, 3.63) is 76.5 Å². The molecule has 0 atom stereocenters. The highest BCUT2D eigenvalue weighted by atomic mass is 35.5. The maximum absolute atomic E-state index is 13.0. The second kappa shape index (κ2) is 11.5. The number of amides is 1. The van der Waals surface area contributed by atoms with Crippen molar-refractivity contribution in [1.82, 2.24) is 5.32 Å². The number of hydrogen-bond donors (Lipinski definition) is 2. The number of nitrogens with two attached hydrogens (primary N) is 1. The minimum atomic E-state index is -4.71. The third-order valence-corrected chi connectivity index (χ3v) is 4.43. The molecular formula is C22H23ClF3N3O2. The van der Waals surface area contributed by atoms with Crippen LogP contribution in [0.1, 0.15) is 29.3 Å². The first-order valence-corrected chi connectivity index (χ1v) is 9.94. The fraction of sp³-hybridized carbons (Fsp3) is 0.273. The highest BCUT2D eigenvalue weighted by molar-refractivity contribution is 6.33. The van der Waals surface area contributed by atoms with Crippen LogP contribution in [0.5, 0.6) is 0 Å². The molecule has 2 aromatic rings. The van der Waals surface area contributed by atoms with Crippen LogP contribution < -0.4 is 11.1 Å². The lowest BCUT2D eigenvalue weighted by Crippen LogP contribution is -2.25. The minimum absolute atomic E-state index is 0.0356. The smallest absolute Gasteiger partial charge is 0.395 e. The SMILES string of the molecule is CCOCCCNC(=O)c1ccc(C(C=C(N)C(F)(F)F)=Nc2ccccc2Cl)cc1. The Morgan fingerprint density at radius 3 is 2.42 bits per heavy atom. The van der Waals surface area contributed by atoms with Gasteiger partial charge in [-0.25, -0.2) is 4.99 Å². The minimum Gasteiger partial charge on any atom is -0.395 e. The predicted octanol–water partition coefficient (Wildman–Crippen LogP) is 5.02. The van der Waals surface area contributed by atoms with Crippen molar-refractivity contribution in [2.75, 3.05) is 19.8 Å². The molecule has 0 aliphatic rings. The Morgan fingerprint density at radius 2 is 1.81 bits per heavy atom. The summed E-state index contributed by atoms with van der Waals surface area (Å²) in [5.41, 5.74) is 4.87. The molecule has 2 rings (SSSR count). The van der Waals surface area contributed by atoms with Gasteiger partial charge in [-0.1, -0.05) is 35.9 Å². The maximum Gasteiger partial charge on any atom is 0.430 e. The first-order valence-electron chi connectivity index (χ1n) is 9.56. The number of nitrogens with zero attached hydrogens (tertiary/aromatic N) is 1. The summed E-state index contributed by atoms with van der Waals surface area (Å²) in [6.07, 6.45) is -3.29. The van der Waals surface area contributed by atoms with Crippen LogP contribution in [0.4, 0.5) is 18.9 Å². The molecule has 0 radical (unpaired) electrons. The van der Waals surface area contributed by atoms with E-state index in [2.05, 4.69) is 10.3 Å². The van der Waals surface area contributed by atoms with Gasteiger partial charge in [0.05, 0.1) is 16.4 Å². The summed E-state index contributed by atoms with van der Waals surface area (Å²) in [5, 5.41) is 3.04. The predicted molar refractivity (Wildman–Crippen MR) is 116 cm³/mol. The van der Waals surface area contributed by atoms with Gasteiger partial charge in [-0.05, 0) is 43.7 Å². The fourth-order valence-corrected chi connectivity index (χ4v) is 2.67. The van der Waals surface area contributed by atoms with E-state index < -0.39 is 11.9 Å². The van der Waals surface area contributed by atoms with Gasteiger partial charge in [-0.15, -0.1) is 0 Å². The zero-order chi connectivity index (χ0) is 22.9. The molecule has 3 N–H and O–H groups in total. The van der Waals surface area contributed by atoms with Gasteiger partial charge < -0.3 is 15.8 Å². The number of benzene rings is 2. The number of para-hydroxylation sites is 1. The van der Waals surface area contributed by atoms with E-state index in [0.717, 1.165) is 6.08 Å². The number of carbonyl (C=O) groups excluding carboxylic acids is 1. The Labute approximate surface area is 183 Å². The van der Waals surface area contributed by atoms with Gasteiger partial charge in [0.15, 0.2) is 0 Å². The Bertz CT molecular complexity index is 942. The topological polar surface area (TPSA) is 76.7 Å². The molecule has 0 spiro atoms. The number of hydrogen-bond acceptors (Lipinski definition) is 4. The number of halogens is 4. The van der Waals surface area contributed by atoms with Crippen molar-refractivity contribution >= 4 is 28.9 Å². The maximum atomic E-state index is 13.0. The lowest BCUT2D eigenvalue weighted by Gasteiger charge is -2.10. The monoisotopic (exact) mass is 453 g/mol. The molecule has 0 aliphatic carbocycles. The van der Waals surface area contributed by atoms with Crippen molar-refractivity contribution in [3.8, 4) is 0 Å². The van der Waals surface area contributed by atoms with E-state index in [0.29, 0.717) is 43.0 Å². The average Bonchev–Trinajstić information content (AvgIpc) is 2.74. The van der Waals surface area contributed by atoms with E-state index in [1.165, 1.54) is 24.3 Å². The zero-order valence-electron chi connectivity index (χ0n) is 16.9. The molecule has 9 heteroatoms. The Morgan fingerprint density at radius 1 is 1.16 bits per heavy atom. The van der Waals surface area contributed by atoms with E-state index in [9.17, 15) is 18.0 Å². The van der Waals surface area contributed by atoms with Gasteiger partial charge in [0, 0.05) is 30.9 Å². The molecule has 5 nitrogen and oxygen atoms in total. The second-order valence-electron chi connectivity index (χ2n) is 6.43. The second-order valence-corrected chi connectivity index (χ2v) is 6.84. The summed E-state index contributed by atoms with van der Waals surface area (Å²) in [6, 6.07) is 12.5. The van der Waals surface area contributed by atoms with Gasteiger partial charge in [0.1, 0.15) is 5.70 Å². The molecule has 0 saturated carbocycles. The molecule has 0 unspecified atom stereocenters. The summed E-state index contributed by atoms with van der Waals surface area (Å²) in [5.74, 6) is -0.294. The number of carbonyl (C=O) groups is 1. The number of rotatable bonds is 9. The van der Waals surface area contributed by atoms with Crippen molar-refractivity contribution in [2.45, 2.75) is 19.5 Å². The third kappa shape index (κ3) is 7.73. The Hall–Kier alpha value is -2.84. The van der Waals surface area contributed by atoms with Gasteiger partial charge in [-0.3, -0.25) is 4.79 Å².